The number of rotatable bonds is 0. The summed E-state index contributed by atoms with van der Waals surface area (Å²) >= 11 is 19.4. The van der Waals surface area contributed by atoms with Gasteiger partial charge in [-0.1, -0.05) is 8.64 Å². The Kier molecular flexibility index (Phi) is 46.2. The standard InChI is InChI=1S/2CH3NS2.OS.Zn/c2*2-1(3)4;1-2;/h2*(H3,2,3,4);;/q;;;+2/p-2. The molecule has 0 atom stereocenters. The minimum Gasteiger partial charge on any atom is -0.415 e. The number of thiocarbonyl (C=S) groups is 2. The zero-order chi connectivity index (χ0) is 9.15. The minimum atomic E-state index is 0. The van der Waals surface area contributed by atoms with E-state index in [0.717, 1.165) is 0 Å². The van der Waals surface area contributed by atoms with E-state index in [1.807, 2.05) is 0 Å². The van der Waals surface area contributed by atoms with Crippen LogP contribution in [0.25, 0.3) is 0 Å². The summed E-state index contributed by atoms with van der Waals surface area (Å²) in [5.74, 6) is 0. The van der Waals surface area contributed by atoms with E-state index < -0.39 is 0 Å². The molecule has 0 rings (SSSR count). The van der Waals surface area contributed by atoms with E-state index in [4.69, 9.17) is 4.21 Å². The zero-order valence-corrected chi connectivity index (χ0v) is 12.4. The van der Waals surface area contributed by atoms with Gasteiger partial charge in [0.25, 0.3) is 0 Å². The molecule has 0 saturated heterocycles. The van der Waals surface area contributed by atoms with Gasteiger partial charge in [-0.3, -0.25) is 0 Å². The molecular weight excluding hydrogens is 294 g/mol. The smallest absolute Gasteiger partial charge is 0.415 e. The molecule has 0 heterocycles. The van der Waals surface area contributed by atoms with Crippen LogP contribution in [0.2, 0.25) is 0 Å². The van der Waals surface area contributed by atoms with Crippen molar-refractivity contribution in [2.45, 2.75) is 0 Å². The fraction of sp³-hybridized carbons (Fsp3) is 0. The summed E-state index contributed by atoms with van der Waals surface area (Å²) in [5, 5.41) is 0. The monoisotopic (exact) mass is 296 g/mol. The number of hydrogen-bond acceptors (Lipinski definition) is 6. The van der Waals surface area contributed by atoms with E-state index in [2.05, 4.69) is 73.7 Å². The van der Waals surface area contributed by atoms with Crippen molar-refractivity contribution in [3.8, 4) is 0 Å². The molecule has 9 heteroatoms. The van der Waals surface area contributed by atoms with Gasteiger partial charge in [0.15, 0.2) is 12.5 Å². The molecular formula is C2H4N2OS5Zn. The fourth-order valence-corrected chi connectivity index (χ4v) is 0. The van der Waals surface area contributed by atoms with E-state index in [9.17, 15) is 0 Å². The first-order chi connectivity index (χ1) is 4.46. The van der Waals surface area contributed by atoms with Crippen LogP contribution >= 0.6 is 24.4 Å². The molecule has 0 bridgehead atoms. The van der Waals surface area contributed by atoms with Crippen LogP contribution in [0.3, 0.4) is 0 Å². The predicted molar refractivity (Wildman–Crippen MR) is 56.4 cm³/mol. The van der Waals surface area contributed by atoms with Gasteiger partial charge >= 0.3 is 19.5 Å². The number of nitrogens with two attached hydrogens (primary N) is 2. The topological polar surface area (TPSA) is 69.1 Å². The molecule has 0 aromatic carbocycles. The molecule has 0 aliphatic heterocycles. The molecule has 0 amide bonds. The molecule has 60 valence electrons. The predicted octanol–water partition coefficient (Wildman–Crippen LogP) is -0.785. The third kappa shape index (κ3) is 1140. The molecule has 3 nitrogen and oxygen atoms in total. The number of hydrogen-bond donors (Lipinski definition) is 2. The Morgan fingerprint density at radius 3 is 1.00 bits per heavy atom. The average molecular weight is 298 g/mol. The maximum absolute atomic E-state index is 7.83. The summed E-state index contributed by atoms with van der Waals surface area (Å²) in [5.41, 5.74) is 9.31. The van der Waals surface area contributed by atoms with Crippen molar-refractivity contribution in [3.63, 3.8) is 0 Å². The molecule has 0 aromatic rings. The maximum Gasteiger partial charge on any atom is 2.00 e. The van der Waals surface area contributed by atoms with Crippen LogP contribution in [0.5, 0.6) is 0 Å². The first kappa shape index (κ1) is 22.6. The molecule has 11 heavy (non-hydrogen) atoms. The molecule has 0 saturated carbocycles. The first-order valence-corrected chi connectivity index (χ1v) is 3.53. The Morgan fingerprint density at radius 1 is 1.00 bits per heavy atom. The molecule has 0 fully saturated rings. The van der Waals surface area contributed by atoms with E-state index in [1.54, 1.807) is 0 Å². The van der Waals surface area contributed by atoms with Gasteiger partial charge in [-0.2, -0.15) is 4.21 Å². The van der Waals surface area contributed by atoms with Crippen molar-refractivity contribution < 1.29 is 23.7 Å². The van der Waals surface area contributed by atoms with Crippen LogP contribution in [0.4, 0.5) is 0 Å². The molecule has 0 unspecified atom stereocenters. The minimum absolute atomic E-state index is 0. The normalized spacial score (nSPS) is 4.73. The maximum atomic E-state index is 7.83. The van der Waals surface area contributed by atoms with Crippen molar-refractivity contribution >= 4 is 70.9 Å². The van der Waals surface area contributed by atoms with Crippen LogP contribution in [0, 0.1) is 0 Å². The fourth-order valence-electron chi connectivity index (χ4n) is 0. The van der Waals surface area contributed by atoms with Crippen molar-refractivity contribution in [2.75, 3.05) is 0 Å². The van der Waals surface area contributed by atoms with Gasteiger partial charge < -0.3 is 61.2 Å². The Bertz CT molecular complexity index is 90.7. The van der Waals surface area contributed by atoms with Crippen molar-refractivity contribution in [2.24, 2.45) is 11.5 Å². The SMILES string of the molecule is NC(=S)[S-].NC(=S)[S-].O=S.[Zn+2]. The molecule has 0 aromatic heterocycles. The van der Waals surface area contributed by atoms with E-state index in [0.29, 0.717) is 0 Å². The second-order valence-corrected chi connectivity index (χ2v) is 2.91. The van der Waals surface area contributed by atoms with E-state index in [-0.39, 0.29) is 28.1 Å². The van der Waals surface area contributed by atoms with Crippen molar-refractivity contribution in [1.82, 2.24) is 0 Å². The molecule has 4 N–H and O–H groups in total. The van der Waals surface area contributed by atoms with Gasteiger partial charge in [0.05, 0.1) is 0 Å². The molecule has 0 aliphatic carbocycles. The summed E-state index contributed by atoms with van der Waals surface area (Å²) < 4.78 is 8.00. The Morgan fingerprint density at radius 2 is 1.00 bits per heavy atom. The Hall–Kier alpha value is 0.863. The van der Waals surface area contributed by atoms with E-state index in [1.165, 1.54) is 0 Å². The van der Waals surface area contributed by atoms with Gasteiger partial charge in [-0.25, -0.2) is 0 Å². The quantitative estimate of drug-likeness (QED) is 0.343. The second-order valence-electron chi connectivity index (χ2n) is 0.638. The summed E-state index contributed by atoms with van der Waals surface area (Å²) in [4.78, 5) is 0. The summed E-state index contributed by atoms with van der Waals surface area (Å²) in [7, 11) is 0. The third-order valence-electron chi connectivity index (χ3n) is 0. The third-order valence-corrected chi connectivity index (χ3v) is 0. The van der Waals surface area contributed by atoms with Crippen LogP contribution in [-0.2, 0) is 57.3 Å². The van der Waals surface area contributed by atoms with Crippen LogP contribution in [0.1, 0.15) is 0 Å². The van der Waals surface area contributed by atoms with Crippen molar-refractivity contribution in [3.05, 3.63) is 0 Å². The van der Waals surface area contributed by atoms with Crippen molar-refractivity contribution in [1.29, 1.82) is 0 Å². The summed E-state index contributed by atoms with van der Waals surface area (Å²) in [6.07, 6.45) is 0. The Balaban J connectivity index is -0.0000000339. The van der Waals surface area contributed by atoms with Gasteiger partial charge in [0, 0.05) is 0 Å². The molecule has 0 aliphatic rings. The zero-order valence-electron chi connectivity index (χ0n) is 5.31. The average Bonchev–Trinajstić information content (AvgIpc) is 1.66. The van der Waals surface area contributed by atoms with Gasteiger partial charge in [-0.05, 0) is 0 Å². The molecule has 0 radical (unpaired) electrons. The van der Waals surface area contributed by atoms with Gasteiger partial charge in [0.1, 0.15) is 0 Å². The first-order valence-electron chi connectivity index (χ1n) is 1.56. The van der Waals surface area contributed by atoms with Gasteiger partial charge in [-0.15, -0.1) is 0 Å². The summed E-state index contributed by atoms with van der Waals surface area (Å²) in [6, 6.07) is 0. The molecule has 0 spiro atoms. The van der Waals surface area contributed by atoms with Gasteiger partial charge in [0.2, 0.25) is 0 Å². The Labute approximate surface area is 105 Å². The van der Waals surface area contributed by atoms with E-state index >= 15 is 0 Å². The van der Waals surface area contributed by atoms with Crippen LogP contribution in [-0.4, -0.2) is 12.8 Å². The second kappa shape index (κ2) is 22.4. The largest absolute Gasteiger partial charge is 2.00 e. The summed E-state index contributed by atoms with van der Waals surface area (Å²) in [6.45, 7) is 0. The van der Waals surface area contributed by atoms with Crippen LogP contribution < -0.4 is 11.5 Å². The van der Waals surface area contributed by atoms with Crippen LogP contribution in [0.15, 0.2) is 0 Å².